The highest BCUT2D eigenvalue weighted by atomic mass is 35.5. The van der Waals surface area contributed by atoms with Gasteiger partial charge in [0.2, 0.25) is 0 Å². The third kappa shape index (κ3) is 5.40. The van der Waals surface area contributed by atoms with Crippen LogP contribution in [0.15, 0.2) is 47.5 Å². The van der Waals surface area contributed by atoms with Crippen molar-refractivity contribution in [2.45, 2.75) is 12.5 Å². The van der Waals surface area contributed by atoms with Gasteiger partial charge in [0.1, 0.15) is 5.82 Å². The zero-order chi connectivity index (χ0) is 15.7. The molecular weight excluding hydrogens is 386 g/mol. The molecule has 0 spiro atoms. The minimum absolute atomic E-state index is 0. The van der Waals surface area contributed by atoms with E-state index in [1.165, 1.54) is 11.6 Å². The summed E-state index contributed by atoms with van der Waals surface area (Å²) in [6, 6.07) is 12.7. The molecule has 3 rings (SSSR count). The Balaban J connectivity index is 0.00000192. The summed E-state index contributed by atoms with van der Waals surface area (Å²) < 4.78 is 14.2. The molecule has 1 heterocycles. The van der Waals surface area contributed by atoms with Crippen LogP contribution in [0.25, 0.3) is 0 Å². The molecule has 2 aromatic rings. The van der Waals surface area contributed by atoms with Crippen LogP contribution in [0.4, 0.5) is 4.39 Å². The topological polar surface area (TPSA) is 47.1 Å². The van der Waals surface area contributed by atoms with Crippen molar-refractivity contribution in [2.24, 2.45) is 4.99 Å². The number of aliphatic imine (C=N–C) groups is 1. The van der Waals surface area contributed by atoms with Gasteiger partial charge in [-0.1, -0.05) is 29.8 Å². The quantitative estimate of drug-likeness (QED) is 0.763. The van der Waals surface area contributed by atoms with Crippen molar-refractivity contribution in [3.05, 3.63) is 70.0 Å². The minimum Gasteiger partial charge on any atom is -0.412 e. The highest BCUT2D eigenvalue weighted by molar-refractivity contribution is 6.31. The molecule has 1 atom stereocenters. The van der Waals surface area contributed by atoms with Gasteiger partial charge in [-0.05, 0) is 50.3 Å². The van der Waals surface area contributed by atoms with Crippen molar-refractivity contribution >= 4 is 42.1 Å². The molecule has 0 saturated heterocycles. The zero-order valence-electron chi connectivity index (χ0n) is 14.0. The van der Waals surface area contributed by atoms with Gasteiger partial charge in [0.05, 0.1) is 11.8 Å². The highest BCUT2D eigenvalue weighted by Gasteiger charge is 2.24. The molecule has 138 valence electrons. The maximum Gasteiger partial charge on any atom is 0.132 e. The lowest BCUT2D eigenvalue weighted by molar-refractivity contribution is 0.371. The van der Waals surface area contributed by atoms with Gasteiger partial charge in [-0.25, -0.2) is 4.39 Å². The fraction of sp³-hybridized carbons (Fsp3) is 0.278. The molecule has 0 radical (unpaired) electrons. The van der Waals surface area contributed by atoms with E-state index in [0.717, 1.165) is 18.5 Å². The molecule has 0 amide bonds. The summed E-state index contributed by atoms with van der Waals surface area (Å²) in [5, 5.41) is 0.647. The van der Waals surface area contributed by atoms with Crippen molar-refractivity contribution in [1.29, 1.82) is 0 Å². The van der Waals surface area contributed by atoms with Gasteiger partial charge >= 0.3 is 0 Å². The van der Waals surface area contributed by atoms with Crippen LogP contribution in [-0.2, 0) is 6.42 Å². The number of nitrogens with zero attached hydrogens (tertiary/aromatic N) is 2. The van der Waals surface area contributed by atoms with E-state index in [-0.39, 0.29) is 42.1 Å². The van der Waals surface area contributed by atoms with E-state index in [0.29, 0.717) is 16.3 Å². The first-order chi connectivity index (χ1) is 10.5. The molecule has 0 saturated carbocycles. The van der Waals surface area contributed by atoms with Crippen molar-refractivity contribution in [3.63, 3.8) is 0 Å². The maximum absolute atomic E-state index is 14.2. The summed E-state index contributed by atoms with van der Waals surface area (Å²) in [7, 11) is 4.05. The van der Waals surface area contributed by atoms with Crippen molar-refractivity contribution in [1.82, 2.24) is 4.90 Å². The molecular formula is C18H22Cl3FN2O. The number of halogens is 4. The Kier molecular flexibility index (Phi) is 9.62. The third-order valence-electron chi connectivity index (χ3n) is 3.80. The normalized spacial score (nSPS) is 15.2. The molecule has 2 N–H and O–H groups in total. The van der Waals surface area contributed by atoms with Gasteiger partial charge in [-0.3, -0.25) is 4.99 Å². The van der Waals surface area contributed by atoms with E-state index in [2.05, 4.69) is 4.90 Å². The van der Waals surface area contributed by atoms with Gasteiger partial charge in [-0.2, -0.15) is 0 Å². The van der Waals surface area contributed by atoms with Crippen molar-refractivity contribution in [2.75, 3.05) is 20.6 Å². The predicted molar refractivity (Wildman–Crippen MR) is 108 cm³/mol. The Hall–Kier alpha value is -1.17. The second-order valence-corrected chi connectivity index (χ2v) is 6.32. The summed E-state index contributed by atoms with van der Waals surface area (Å²) >= 11 is 6.13. The first kappa shape index (κ1) is 23.8. The van der Waals surface area contributed by atoms with Gasteiger partial charge in [0, 0.05) is 22.7 Å². The monoisotopic (exact) mass is 406 g/mol. The molecule has 3 nitrogen and oxygen atoms in total. The van der Waals surface area contributed by atoms with Crippen LogP contribution < -0.4 is 0 Å². The maximum atomic E-state index is 14.2. The Labute approximate surface area is 165 Å². The average Bonchev–Trinajstić information content (AvgIpc) is 2.47. The van der Waals surface area contributed by atoms with Crippen LogP contribution in [0.2, 0.25) is 5.02 Å². The van der Waals surface area contributed by atoms with Gasteiger partial charge < -0.3 is 10.4 Å². The average molecular weight is 408 g/mol. The Bertz CT molecular complexity index is 738. The number of rotatable bonds is 3. The van der Waals surface area contributed by atoms with Gasteiger partial charge in [0.15, 0.2) is 0 Å². The second-order valence-electron chi connectivity index (χ2n) is 5.88. The fourth-order valence-corrected chi connectivity index (χ4v) is 3.07. The molecule has 0 bridgehead atoms. The molecule has 0 aliphatic carbocycles. The summed E-state index contributed by atoms with van der Waals surface area (Å²) in [4.78, 5) is 6.92. The highest BCUT2D eigenvalue weighted by Crippen LogP contribution is 2.27. The number of hydrogen-bond donors (Lipinski definition) is 0. The van der Waals surface area contributed by atoms with E-state index in [4.69, 9.17) is 16.6 Å². The van der Waals surface area contributed by atoms with Crippen molar-refractivity contribution < 1.29 is 9.87 Å². The molecule has 0 aromatic heterocycles. The summed E-state index contributed by atoms with van der Waals surface area (Å²) in [5.74, 6) is -0.252. The summed E-state index contributed by atoms with van der Waals surface area (Å²) in [6.07, 6.45) is 0.850. The van der Waals surface area contributed by atoms with Crippen LogP contribution in [0.5, 0.6) is 0 Å². The SMILES string of the molecule is CN(C)CC1Cc2ccc(Cl)cc2C(c2ccccc2F)=N1.Cl.Cl.O. The van der Waals surface area contributed by atoms with E-state index in [1.54, 1.807) is 12.1 Å². The molecule has 1 aliphatic rings. The molecule has 0 fully saturated rings. The zero-order valence-corrected chi connectivity index (χ0v) is 16.4. The molecule has 2 aromatic carbocycles. The lowest BCUT2D eigenvalue weighted by atomic mass is 9.90. The largest absolute Gasteiger partial charge is 0.412 e. The molecule has 1 aliphatic heterocycles. The van der Waals surface area contributed by atoms with E-state index in [1.807, 2.05) is 38.4 Å². The fourth-order valence-electron chi connectivity index (χ4n) is 2.89. The third-order valence-corrected chi connectivity index (χ3v) is 4.03. The molecule has 7 heteroatoms. The van der Waals surface area contributed by atoms with Crippen LogP contribution in [0.1, 0.15) is 16.7 Å². The molecule has 1 unspecified atom stereocenters. The standard InChI is InChI=1S/C18H18ClFN2.2ClH.H2O/c1-22(2)11-14-9-12-7-8-13(19)10-16(12)18(21-14)15-5-3-4-6-17(15)20;;;/h3-8,10,14H,9,11H2,1-2H3;2*1H;1H2. The Morgan fingerprint density at radius 1 is 1.12 bits per heavy atom. The number of hydrogen-bond acceptors (Lipinski definition) is 2. The minimum atomic E-state index is -0.252. The molecule has 25 heavy (non-hydrogen) atoms. The van der Waals surface area contributed by atoms with E-state index < -0.39 is 0 Å². The lowest BCUT2D eigenvalue weighted by Crippen LogP contribution is -2.31. The van der Waals surface area contributed by atoms with Crippen molar-refractivity contribution in [3.8, 4) is 0 Å². The van der Waals surface area contributed by atoms with Gasteiger partial charge in [-0.15, -0.1) is 24.8 Å². The lowest BCUT2D eigenvalue weighted by Gasteiger charge is -2.26. The van der Waals surface area contributed by atoms with Crippen LogP contribution in [0.3, 0.4) is 0 Å². The predicted octanol–water partition coefficient (Wildman–Crippen LogP) is 3.82. The number of likely N-dealkylation sites (N-methyl/N-ethyl adjacent to an activating group) is 1. The number of fused-ring (bicyclic) bond motifs is 1. The number of benzene rings is 2. The van der Waals surface area contributed by atoms with Crippen LogP contribution >= 0.6 is 36.4 Å². The second kappa shape index (κ2) is 10.1. The Morgan fingerprint density at radius 2 is 1.80 bits per heavy atom. The first-order valence-corrected chi connectivity index (χ1v) is 7.68. The van der Waals surface area contributed by atoms with Crippen LogP contribution in [0, 0.1) is 5.82 Å². The van der Waals surface area contributed by atoms with Crippen LogP contribution in [-0.4, -0.2) is 42.8 Å². The smallest absolute Gasteiger partial charge is 0.132 e. The van der Waals surface area contributed by atoms with Gasteiger partial charge in [0.25, 0.3) is 0 Å². The first-order valence-electron chi connectivity index (χ1n) is 7.31. The Morgan fingerprint density at radius 3 is 2.44 bits per heavy atom. The van der Waals surface area contributed by atoms with E-state index in [9.17, 15) is 4.39 Å². The van der Waals surface area contributed by atoms with E-state index >= 15 is 0 Å². The summed E-state index contributed by atoms with van der Waals surface area (Å²) in [6.45, 7) is 0.833. The summed E-state index contributed by atoms with van der Waals surface area (Å²) in [5.41, 5.74) is 3.35.